The first-order chi connectivity index (χ1) is 12.6. The Balaban J connectivity index is 2.17. The first-order valence-corrected chi connectivity index (χ1v) is 7.65. The minimum atomic E-state index is -4.71. The summed E-state index contributed by atoms with van der Waals surface area (Å²) in [6.07, 6.45) is -4.71. The molecule has 10 heteroatoms. The van der Waals surface area contributed by atoms with Crippen LogP contribution >= 0.6 is 11.6 Å². The number of nitrogens with zero attached hydrogens (tertiary/aromatic N) is 1. The molecule has 2 aromatic carbocycles. The van der Waals surface area contributed by atoms with Crippen molar-refractivity contribution < 1.29 is 22.0 Å². The van der Waals surface area contributed by atoms with Gasteiger partial charge in [0.05, 0.1) is 27.5 Å². The molecule has 0 saturated heterocycles. The Bertz CT molecular complexity index is 1100. The van der Waals surface area contributed by atoms with Crippen molar-refractivity contribution in [2.75, 3.05) is 0 Å². The Morgan fingerprint density at radius 2 is 1.59 bits per heavy atom. The van der Waals surface area contributed by atoms with Crippen molar-refractivity contribution in [1.29, 1.82) is 0 Å². The van der Waals surface area contributed by atoms with Gasteiger partial charge in [-0.05, 0) is 30.3 Å². The summed E-state index contributed by atoms with van der Waals surface area (Å²) in [5.41, 5.74) is -4.50. The smallest absolute Gasteiger partial charge is 0.306 e. The average molecular weight is 403 g/mol. The second-order valence-corrected chi connectivity index (χ2v) is 5.83. The highest BCUT2D eigenvalue weighted by atomic mass is 35.5. The third-order valence-corrected chi connectivity index (χ3v) is 3.99. The first kappa shape index (κ1) is 18.8. The highest BCUT2D eigenvalue weighted by Gasteiger charge is 2.33. The lowest BCUT2D eigenvalue weighted by atomic mass is 10.1. The van der Waals surface area contributed by atoms with Crippen molar-refractivity contribution in [1.82, 2.24) is 9.55 Å². The SMILES string of the molecule is O=c1cc(-c2c(F)cccc2F)[nH]c(=O)n1-c1ccc(C(F)(F)F)c(Cl)c1. The third kappa shape index (κ3) is 3.50. The summed E-state index contributed by atoms with van der Waals surface area (Å²) in [4.78, 5) is 26.7. The van der Waals surface area contributed by atoms with E-state index in [0.717, 1.165) is 36.4 Å². The molecule has 27 heavy (non-hydrogen) atoms. The van der Waals surface area contributed by atoms with Crippen LogP contribution in [0.4, 0.5) is 22.0 Å². The van der Waals surface area contributed by atoms with Gasteiger partial charge in [-0.15, -0.1) is 0 Å². The summed E-state index contributed by atoms with van der Waals surface area (Å²) < 4.78 is 66.5. The van der Waals surface area contributed by atoms with E-state index in [9.17, 15) is 31.5 Å². The van der Waals surface area contributed by atoms with E-state index in [1.807, 2.05) is 0 Å². The number of aromatic nitrogens is 2. The van der Waals surface area contributed by atoms with Gasteiger partial charge < -0.3 is 4.98 Å². The predicted octanol–water partition coefficient (Wildman–Crippen LogP) is 4.14. The van der Waals surface area contributed by atoms with Crippen molar-refractivity contribution in [3.63, 3.8) is 0 Å². The molecule has 1 heterocycles. The average Bonchev–Trinajstić information content (AvgIpc) is 2.53. The third-order valence-electron chi connectivity index (χ3n) is 3.68. The molecule has 0 atom stereocenters. The van der Waals surface area contributed by atoms with Crippen molar-refractivity contribution in [2.24, 2.45) is 0 Å². The van der Waals surface area contributed by atoms with Gasteiger partial charge >= 0.3 is 11.9 Å². The molecule has 0 saturated carbocycles. The normalized spacial score (nSPS) is 11.6. The summed E-state index contributed by atoms with van der Waals surface area (Å²) >= 11 is 5.59. The molecule has 1 N–H and O–H groups in total. The molecule has 0 amide bonds. The number of halogens is 6. The van der Waals surface area contributed by atoms with Gasteiger partial charge in [0.1, 0.15) is 11.6 Å². The molecular weight excluding hydrogens is 395 g/mol. The van der Waals surface area contributed by atoms with Gasteiger partial charge in [-0.1, -0.05) is 17.7 Å². The zero-order valence-electron chi connectivity index (χ0n) is 13.1. The molecule has 0 aliphatic heterocycles. The maximum Gasteiger partial charge on any atom is 0.417 e. The number of hydrogen-bond acceptors (Lipinski definition) is 2. The summed E-state index contributed by atoms with van der Waals surface area (Å²) in [5, 5.41) is -0.712. The number of aromatic amines is 1. The lowest BCUT2D eigenvalue weighted by Crippen LogP contribution is -2.33. The zero-order chi connectivity index (χ0) is 19.9. The summed E-state index contributed by atoms with van der Waals surface area (Å²) in [6.45, 7) is 0. The van der Waals surface area contributed by atoms with Crippen LogP contribution in [0.1, 0.15) is 5.56 Å². The monoisotopic (exact) mass is 402 g/mol. The zero-order valence-corrected chi connectivity index (χ0v) is 13.8. The van der Waals surface area contributed by atoms with Gasteiger partial charge in [-0.2, -0.15) is 13.2 Å². The van der Waals surface area contributed by atoms with Crippen LogP contribution in [0, 0.1) is 11.6 Å². The molecule has 0 unspecified atom stereocenters. The Hall–Kier alpha value is -2.94. The molecule has 0 spiro atoms. The maximum atomic E-state index is 13.8. The standard InChI is InChI=1S/C17H8ClF5N2O2/c18-10-6-8(4-5-9(10)17(21,22)23)25-14(26)7-13(24-16(25)27)15-11(19)2-1-3-12(15)20/h1-7H,(H,24,27). The van der Waals surface area contributed by atoms with Crippen LogP contribution in [0.5, 0.6) is 0 Å². The van der Waals surface area contributed by atoms with Crippen LogP contribution in [0.3, 0.4) is 0 Å². The fraction of sp³-hybridized carbons (Fsp3) is 0.0588. The minimum absolute atomic E-state index is 0.236. The van der Waals surface area contributed by atoms with Crippen LogP contribution in [0.15, 0.2) is 52.1 Å². The van der Waals surface area contributed by atoms with Gasteiger partial charge in [0.25, 0.3) is 5.56 Å². The quantitative estimate of drug-likeness (QED) is 0.655. The predicted molar refractivity (Wildman–Crippen MR) is 88.0 cm³/mol. The van der Waals surface area contributed by atoms with Gasteiger partial charge in [-0.25, -0.2) is 18.1 Å². The van der Waals surface area contributed by atoms with E-state index in [4.69, 9.17) is 11.6 Å². The van der Waals surface area contributed by atoms with E-state index in [1.165, 1.54) is 0 Å². The molecule has 0 aliphatic rings. The fourth-order valence-electron chi connectivity index (χ4n) is 2.50. The Morgan fingerprint density at radius 3 is 2.11 bits per heavy atom. The van der Waals surface area contributed by atoms with Crippen molar-refractivity contribution in [3.05, 3.63) is 85.5 Å². The fourth-order valence-corrected chi connectivity index (χ4v) is 2.78. The van der Waals surface area contributed by atoms with Gasteiger partial charge in [-0.3, -0.25) is 4.79 Å². The summed E-state index contributed by atoms with van der Waals surface area (Å²) in [7, 11) is 0. The molecule has 3 aromatic rings. The van der Waals surface area contributed by atoms with Gasteiger partial charge in [0.15, 0.2) is 0 Å². The molecule has 0 radical (unpaired) electrons. The van der Waals surface area contributed by atoms with Crippen LogP contribution in [0.2, 0.25) is 5.02 Å². The number of H-pyrrole nitrogens is 1. The maximum absolute atomic E-state index is 13.8. The number of alkyl halides is 3. The Labute approximate surface area is 152 Å². The van der Waals surface area contributed by atoms with Crippen molar-refractivity contribution in [3.8, 4) is 16.9 Å². The number of rotatable bonds is 2. The molecule has 4 nitrogen and oxygen atoms in total. The molecule has 0 bridgehead atoms. The topological polar surface area (TPSA) is 54.9 Å². The van der Waals surface area contributed by atoms with E-state index in [-0.39, 0.29) is 5.69 Å². The minimum Gasteiger partial charge on any atom is -0.306 e. The Kier molecular flexibility index (Phi) is 4.64. The number of benzene rings is 2. The molecule has 1 aromatic heterocycles. The van der Waals surface area contributed by atoms with E-state index in [2.05, 4.69) is 4.98 Å². The lowest BCUT2D eigenvalue weighted by molar-refractivity contribution is -0.137. The van der Waals surface area contributed by atoms with Crippen LogP contribution in [0.25, 0.3) is 16.9 Å². The second kappa shape index (κ2) is 6.66. The first-order valence-electron chi connectivity index (χ1n) is 7.27. The highest BCUT2D eigenvalue weighted by molar-refractivity contribution is 6.31. The molecule has 0 aliphatic carbocycles. The van der Waals surface area contributed by atoms with Crippen molar-refractivity contribution >= 4 is 11.6 Å². The Morgan fingerprint density at radius 1 is 0.963 bits per heavy atom. The highest BCUT2D eigenvalue weighted by Crippen LogP contribution is 2.35. The van der Waals surface area contributed by atoms with Crippen LogP contribution in [-0.4, -0.2) is 9.55 Å². The van der Waals surface area contributed by atoms with Crippen LogP contribution < -0.4 is 11.2 Å². The lowest BCUT2D eigenvalue weighted by Gasteiger charge is -2.12. The van der Waals surface area contributed by atoms with E-state index in [0.29, 0.717) is 10.6 Å². The van der Waals surface area contributed by atoms with E-state index in [1.54, 1.807) is 0 Å². The molecule has 140 valence electrons. The second-order valence-electron chi connectivity index (χ2n) is 5.42. The van der Waals surface area contributed by atoms with E-state index < -0.39 is 50.9 Å². The molecular formula is C17H8ClF5N2O2. The van der Waals surface area contributed by atoms with Crippen LogP contribution in [-0.2, 0) is 6.18 Å². The van der Waals surface area contributed by atoms with E-state index >= 15 is 0 Å². The van der Waals surface area contributed by atoms with Gasteiger partial charge in [0.2, 0.25) is 0 Å². The molecule has 3 rings (SSSR count). The summed E-state index contributed by atoms with van der Waals surface area (Å²) in [6, 6.07) is 6.05. The largest absolute Gasteiger partial charge is 0.417 e. The van der Waals surface area contributed by atoms with Crippen molar-refractivity contribution in [2.45, 2.75) is 6.18 Å². The molecule has 0 fully saturated rings. The number of nitrogens with one attached hydrogen (secondary N) is 1. The number of hydrogen-bond donors (Lipinski definition) is 1. The van der Waals surface area contributed by atoms with Gasteiger partial charge in [0, 0.05) is 6.07 Å². The summed E-state index contributed by atoms with van der Waals surface area (Å²) in [5.74, 6) is -2.00.